The molecule has 0 radical (unpaired) electrons. The van der Waals surface area contributed by atoms with E-state index < -0.39 is 0 Å². The summed E-state index contributed by atoms with van der Waals surface area (Å²) in [5.41, 5.74) is 0. The lowest BCUT2D eigenvalue weighted by molar-refractivity contribution is 0.384. The van der Waals surface area contributed by atoms with Crippen molar-refractivity contribution in [3.05, 3.63) is 34.1 Å². The van der Waals surface area contributed by atoms with Crippen molar-refractivity contribution in [1.29, 1.82) is 0 Å². The lowest BCUT2D eigenvalue weighted by atomic mass is 10.2. The molecule has 0 spiro atoms. The van der Waals surface area contributed by atoms with Gasteiger partial charge in [0.15, 0.2) is 10.2 Å². The van der Waals surface area contributed by atoms with Crippen molar-refractivity contribution in [1.82, 2.24) is 20.3 Å². The SMILES string of the molecule is CCCCc1noc(CSc2nnc(NCCc3cccs3)s2)n1. The first-order valence-electron chi connectivity index (χ1n) is 7.87. The fourth-order valence-corrected chi connectivity index (χ4v) is 4.32. The van der Waals surface area contributed by atoms with Gasteiger partial charge < -0.3 is 9.84 Å². The average Bonchev–Trinajstić information content (AvgIpc) is 3.33. The number of thiophene rings is 1. The zero-order valence-electron chi connectivity index (χ0n) is 13.4. The molecular weight excluding hydrogens is 362 g/mol. The highest BCUT2D eigenvalue weighted by molar-refractivity contribution is 8.00. The van der Waals surface area contributed by atoms with Gasteiger partial charge in [-0.3, -0.25) is 0 Å². The predicted molar refractivity (Wildman–Crippen MR) is 98.9 cm³/mol. The van der Waals surface area contributed by atoms with Crippen molar-refractivity contribution < 1.29 is 4.52 Å². The number of nitrogens with one attached hydrogen (secondary N) is 1. The fraction of sp³-hybridized carbons (Fsp3) is 0.467. The maximum atomic E-state index is 5.26. The van der Waals surface area contributed by atoms with Gasteiger partial charge in [0.2, 0.25) is 11.0 Å². The summed E-state index contributed by atoms with van der Waals surface area (Å²) in [7, 11) is 0. The van der Waals surface area contributed by atoms with Crippen LogP contribution in [0.15, 0.2) is 26.4 Å². The second-order valence-electron chi connectivity index (χ2n) is 5.13. The Balaban J connectivity index is 1.41. The standard InChI is InChI=1S/C15H19N5OS3/c1-2-3-6-12-17-13(21-20-12)10-23-15-19-18-14(24-15)16-8-7-11-5-4-9-22-11/h4-5,9H,2-3,6-8,10H2,1H3,(H,16,18). The second-order valence-corrected chi connectivity index (χ2v) is 8.36. The molecule has 3 heterocycles. The van der Waals surface area contributed by atoms with Crippen molar-refractivity contribution in [2.75, 3.05) is 11.9 Å². The zero-order chi connectivity index (χ0) is 16.6. The van der Waals surface area contributed by atoms with E-state index in [1.807, 2.05) is 0 Å². The number of anilines is 1. The van der Waals surface area contributed by atoms with Crippen LogP contribution in [0.5, 0.6) is 0 Å². The Morgan fingerprint density at radius 2 is 2.25 bits per heavy atom. The Hall–Kier alpha value is -1.45. The predicted octanol–water partition coefficient (Wildman–Crippen LogP) is 4.27. The maximum Gasteiger partial charge on any atom is 0.237 e. The van der Waals surface area contributed by atoms with E-state index in [9.17, 15) is 0 Å². The first-order valence-corrected chi connectivity index (χ1v) is 10.6. The highest BCUT2D eigenvalue weighted by atomic mass is 32.2. The summed E-state index contributed by atoms with van der Waals surface area (Å²) >= 11 is 4.90. The monoisotopic (exact) mass is 381 g/mol. The quantitative estimate of drug-likeness (QED) is 0.525. The van der Waals surface area contributed by atoms with Gasteiger partial charge in [-0.2, -0.15) is 4.98 Å². The van der Waals surface area contributed by atoms with E-state index in [2.05, 4.69) is 50.1 Å². The minimum Gasteiger partial charge on any atom is -0.360 e. The van der Waals surface area contributed by atoms with Gasteiger partial charge in [-0.25, -0.2) is 0 Å². The molecule has 0 aliphatic heterocycles. The number of rotatable bonds is 10. The van der Waals surface area contributed by atoms with Gasteiger partial charge in [0.05, 0.1) is 5.75 Å². The summed E-state index contributed by atoms with van der Waals surface area (Å²) in [6, 6.07) is 4.22. The molecule has 0 atom stereocenters. The summed E-state index contributed by atoms with van der Waals surface area (Å²) in [4.78, 5) is 5.76. The number of hydrogen-bond acceptors (Lipinski definition) is 9. The van der Waals surface area contributed by atoms with Crippen LogP contribution in [0.1, 0.15) is 36.4 Å². The van der Waals surface area contributed by atoms with Crippen LogP contribution in [-0.4, -0.2) is 26.9 Å². The zero-order valence-corrected chi connectivity index (χ0v) is 15.8. The summed E-state index contributed by atoms with van der Waals surface area (Å²) < 4.78 is 6.16. The molecule has 128 valence electrons. The highest BCUT2D eigenvalue weighted by Gasteiger charge is 2.09. The molecule has 9 heteroatoms. The molecule has 0 saturated heterocycles. The van der Waals surface area contributed by atoms with Crippen molar-refractivity contribution in [2.45, 2.75) is 42.7 Å². The van der Waals surface area contributed by atoms with Crippen LogP contribution >= 0.6 is 34.4 Å². The van der Waals surface area contributed by atoms with Crippen LogP contribution in [0, 0.1) is 0 Å². The van der Waals surface area contributed by atoms with Crippen LogP contribution in [-0.2, 0) is 18.6 Å². The number of aromatic nitrogens is 4. The summed E-state index contributed by atoms with van der Waals surface area (Å²) in [6.07, 6.45) is 4.10. The van der Waals surface area contributed by atoms with Gasteiger partial charge in [0, 0.05) is 17.8 Å². The minimum absolute atomic E-state index is 0.628. The summed E-state index contributed by atoms with van der Waals surface area (Å²) in [5.74, 6) is 2.07. The number of unbranched alkanes of at least 4 members (excludes halogenated alkanes) is 1. The Morgan fingerprint density at radius 3 is 3.08 bits per heavy atom. The smallest absolute Gasteiger partial charge is 0.237 e. The van der Waals surface area contributed by atoms with Gasteiger partial charge in [-0.15, -0.1) is 21.5 Å². The molecular formula is C15H19N5OS3. The van der Waals surface area contributed by atoms with Gasteiger partial charge >= 0.3 is 0 Å². The summed E-state index contributed by atoms with van der Waals surface area (Å²) in [5, 5.41) is 18.6. The van der Waals surface area contributed by atoms with Crippen LogP contribution in [0.2, 0.25) is 0 Å². The van der Waals surface area contributed by atoms with Crippen molar-refractivity contribution in [3.8, 4) is 0 Å². The topological polar surface area (TPSA) is 76.7 Å². The lowest BCUT2D eigenvalue weighted by Crippen LogP contribution is -2.03. The van der Waals surface area contributed by atoms with Crippen molar-refractivity contribution >= 4 is 39.6 Å². The molecule has 24 heavy (non-hydrogen) atoms. The van der Waals surface area contributed by atoms with Gasteiger partial charge in [-0.1, -0.05) is 47.7 Å². The molecule has 0 aliphatic rings. The van der Waals surface area contributed by atoms with Crippen LogP contribution in [0.3, 0.4) is 0 Å². The molecule has 3 aromatic heterocycles. The van der Waals surface area contributed by atoms with Crippen molar-refractivity contribution in [2.24, 2.45) is 0 Å². The third kappa shape index (κ3) is 5.29. The Kier molecular flexibility index (Phi) is 6.62. The third-order valence-electron chi connectivity index (χ3n) is 3.22. The highest BCUT2D eigenvalue weighted by Crippen LogP contribution is 2.28. The molecule has 0 saturated carbocycles. The summed E-state index contributed by atoms with van der Waals surface area (Å²) in [6.45, 7) is 3.02. The molecule has 0 unspecified atom stereocenters. The number of nitrogens with zero attached hydrogens (tertiary/aromatic N) is 4. The molecule has 0 amide bonds. The van der Waals surface area contributed by atoms with Crippen LogP contribution in [0.25, 0.3) is 0 Å². The largest absolute Gasteiger partial charge is 0.360 e. The van der Waals surface area contributed by atoms with E-state index in [0.29, 0.717) is 11.6 Å². The number of hydrogen-bond donors (Lipinski definition) is 1. The molecule has 0 bridgehead atoms. The Bertz CT molecular complexity index is 725. The van der Waals surface area contributed by atoms with E-state index in [-0.39, 0.29) is 0 Å². The van der Waals surface area contributed by atoms with Crippen molar-refractivity contribution in [3.63, 3.8) is 0 Å². The normalized spacial score (nSPS) is 11.0. The molecule has 0 aliphatic carbocycles. The van der Waals surface area contributed by atoms with E-state index >= 15 is 0 Å². The number of thioether (sulfide) groups is 1. The fourth-order valence-electron chi connectivity index (χ4n) is 2.00. The molecule has 0 fully saturated rings. The second kappa shape index (κ2) is 9.14. The van der Waals surface area contributed by atoms with Gasteiger partial charge in [0.1, 0.15) is 0 Å². The first-order chi connectivity index (χ1) is 11.8. The lowest BCUT2D eigenvalue weighted by Gasteiger charge is -1.98. The molecule has 1 N–H and O–H groups in total. The maximum absolute atomic E-state index is 5.26. The molecule has 3 rings (SSSR count). The van der Waals surface area contributed by atoms with Crippen LogP contribution in [0.4, 0.5) is 5.13 Å². The van der Waals surface area contributed by atoms with E-state index in [1.54, 1.807) is 34.4 Å². The van der Waals surface area contributed by atoms with Gasteiger partial charge in [0.25, 0.3) is 0 Å². The first kappa shape index (κ1) is 17.4. The molecule has 6 nitrogen and oxygen atoms in total. The van der Waals surface area contributed by atoms with Gasteiger partial charge in [-0.05, 0) is 24.3 Å². The minimum atomic E-state index is 0.628. The average molecular weight is 382 g/mol. The van der Waals surface area contributed by atoms with E-state index in [0.717, 1.165) is 47.5 Å². The third-order valence-corrected chi connectivity index (χ3v) is 6.15. The molecule has 0 aromatic carbocycles. The number of aryl methyl sites for hydroxylation is 1. The van der Waals surface area contributed by atoms with Crippen LogP contribution < -0.4 is 5.32 Å². The molecule has 3 aromatic rings. The Labute approximate surface area is 153 Å². The van der Waals surface area contributed by atoms with E-state index in [1.165, 1.54) is 4.88 Å². The Morgan fingerprint density at radius 1 is 1.29 bits per heavy atom. The van der Waals surface area contributed by atoms with E-state index in [4.69, 9.17) is 4.52 Å².